The predicted molar refractivity (Wildman–Crippen MR) is 55.3 cm³/mol. The molecule has 3 nitrogen and oxygen atoms in total. The van der Waals surface area contributed by atoms with Crippen LogP contribution in [-0.2, 0) is 6.18 Å². The van der Waals surface area contributed by atoms with Gasteiger partial charge < -0.3 is 5.11 Å². The molecule has 0 radical (unpaired) electrons. The fourth-order valence-corrected chi connectivity index (χ4v) is 2.29. The molecule has 1 aliphatic rings. The van der Waals surface area contributed by atoms with Crippen molar-refractivity contribution in [1.82, 2.24) is 9.78 Å². The third kappa shape index (κ3) is 2.18. The van der Waals surface area contributed by atoms with Crippen molar-refractivity contribution in [3.63, 3.8) is 0 Å². The molecule has 6 heteroatoms. The summed E-state index contributed by atoms with van der Waals surface area (Å²) in [6, 6.07) is -0.360. The van der Waals surface area contributed by atoms with Crippen LogP contribution < -0.4 is 0 Å². The fourth-order valence-electron chi connectivity index (χ4n) is 2.29. The molecule has 0 bridgehead atoms. The Morgan fingerprint density at radius 2 is 2.12 bits per heavy atom. The van der Waals surface area contributed by atoms with Gasteiger partial charge in [-0.3, -0.25) is 4.68 Å². The molecular formula is C11H15F3N2O. The van der Waals surface area contributed by atoms with E-state index in [4.69, 9.17) is 0 Å². The molecule has 1 aromatic heterocycles. The normalized spacial score (nSPS) is 28.6. The number of nitrogens with zero attached hydrogens (tertiary/aromatic N) is 2. The lowest BCUT2D eigenvalue weighted by Crippen LogP contribution is -2.29. The summed E-state index contributed by atoms with van der Waals surface area (Å²) in [6.07, 6.45) is -1.85. The number of hydrogen-bond acceptors (Lipinski definition) is 2. The lowest BCUT2D eigenvalue weighted by Gasteiger charge is -2.25. The molecule has 2 unspecified atom stereocenters. The molecule has 96 valence electrons. The first-order valence-electron chi connectivity index (χ1n) is 5.51. The van der Waals surface area contributed by atoms with E-state index in [1.807, 2.05) is 13.8 Å². The Labute approximate surface area is 97.2 Å². The van der Waals surface area contributed by atoms with Gasteiger partial charge in [0.15, 0.2) is 0 Å². The third-order valence-corrected chi connectivity index (χ3v) is 3.52. The van der Waals surface area contributed by atoms with Crippen molar-refractivity contribution in [3.8, 4) is 0 Å². The number of halogens is 3. The summed E-state index contributed by atoms with van der Waals surface area (Å²) in [5.41, 5.74) is -1.04. The Morgan fingerprint density at radius 1 is 1.47 bits per heavy atom. The molecule has 1 saturated carbocycles. The third-order valence-electron chi connectivity index (χ3n) is 3.52. The van der Waals surface area contributed by atoms with Crippen molar-refractivity contribution < 1.29 is 18.3 Å². The monoisotopic (exact) mass is 248 g/mol. The maximum Gasteiger partial charge on any atom is 0.419 e. The highest BCUT2D eigenvalue weighted by atomic mass is 19.4. The minimum absolute atomic E-state index is 0.269. The molecular weight excluding hydrogens is 233 g/mol. The van der Waals surface area contributed by atoms with Crippen LogP contribution in [0.15, 0.2) is 12.4 Å². The summed E-state index contributed by atoms with van der Waals surface area (Å²) in [5, 5.41) is 13.8. The lowest BCUT2D eigenvalue weighted by molar-refractivity contribution is -0.137. The maximum absolute atomic E-state index is 12.4. The molecule has 17 heavy (non-hydrogen) atoms. The van der Waals surface area contributed by atoms with Gasteiger partial charge in [0, 0.05) is 6.20 Å². The summed E-state index contributed by atoms with van der Waals surface area (Å²) in [5.74, 6) is 0. The topological polar surface area (TPSA) is 38.0 Å². The molecule has 0 saturated heterocycles. The Kier molecular flexibility index (Phi) is 2.72. The molecule has 2 atom stereocenters. The number of alkyl halides is 3. The van der Waals surface area contributed by atoms with Crippen molar-refractivity contribution in [1.29, 1.82) is 0 Å². The minimum Gasteiger partial charge on any atom is -0.390 e. The van der Waals surface area contributed by atoms with Gasteiger partial charge in [0.2, 0.25) is 0 Å². The van der Waals surface area contributed by atoms with Crippen LogP contribution in [0.5, 0.6) is 0 Å². The van der Waals surface area contributed by atoms with E-state index in [1.54, 1.807) is 0 Å². The molecule has 0 aliphatic heterocycles. The maximum atomic E-state index is 12.4. The zero-order valence-corrected chi connectivity index (χ0v) is 9.70. The van der Waals surface area contributed by atoms with E-state index in [2.05, 4.69) is 5.10 Å². The van der Waals surface area contributed by atoms with Crippen molar-refractivity contribution in [2.45, 2.75) is 45.0 Å². The molecule has 1 aliphatic carbocycles. The summed E-state index contributed by atoms with van der Waals surface area (Å²) >= 11 is 0. The quantitative estimate of drug-likeness (QED) is 0.829. The van der Waals surface area contributed by atoms with Gasteiger partial charge in [0.1, 0.15) is 0 Å². The first-order chi connectivity index (χ1) is 7.72. The fraction of sp³-hybridized carbons (Fsp3) is 0.727. The average Bonchev–Trinajstić information content (AvgIpc) is 2.73. The van der Waals surface area contributed by atoms with Gasteiger partial charge in [0.05, 0.1) is 23.9 Å². The second kappa shape index (κ2) is 3.73. The van der Waals surface area contributed by atoms with E-state index in [1.165, 1.54) is 4.68 Å². The van der Waals surface area contributed by atoms with Crippen LogP contribution in [-0.4, -0.2) is 21.0 Å². The summed E-state index contributed by atoms with van der Waals surface area (Å²) in [4.78, 5) is 0. The second-order valence-electron chi connectivity index (χ2n) is 5.25. The second-order valence-corrected chi connectivity index (χ2v) is 5.25. The zero-order valence-electron chi connectivity index (χ0n) is 9.70. The van der Waals surface area contributed by atoms with Crippen LogP contribution in [0.1, 0.15) is 38.3 Å². The summed E-state index contributed by atoms with van der Waals surface area (Å²) in [6.45, 7) is 3.82. The van der Waals surface area contributed by atoms with E-state index in [0.29, 0.717) is 6.42 Å². The van der Waals surface area contributed by atoms with Gasteiger partial charge in [-0.2, -0.15) is 18.3 Å². The summed E-state index contributed by atoms with van der Waals surface area (Å²) in [7, 11) is 0. The SMILES string of the molecule is CC1(C)CCC(n2cc(C(F)(F)F)cn2)C1O. The van der Waals surface area contributed by atoms with Gasteiger partial charge in [-0.15, -0.1) is 0 Å². The number of aliphatic hydroxyl groups excluding tert-OH is 1. The molecule has 1 aromatic rings. The molecule has 0 amide bonds. The first-order valence-corrected chi connectivity index (χ1v) is 5.51. The highest BCUT2D eigenvalue weighted by molar-refractivity contribution is 5.10. The summed E-state index contributed by atoms with van der Waals surface area (Å²) < 4.78 is 38.5. The van der Waals surface area contributed by atoms with Crippen molar-refractivity contribution in [2.75, 3.05) is 0 Å². The Hall–Kier alpha value is -1.04. The van der Waals surface area contributed by atoms with Crippen LogP contribution >= 0.6 is 0 Å². The van der Waals surface area contributed by atoms with Gasteiger partial charge in [-0.25, -0.2) is 0 Å². The number of aliphatic hydroxyl groups is 1. The smallest absolute Gasteiger partial charge is 0.390 e. The van der Waals surface area contributed by atoms with Gasteiger partial charge in [0.25, 0.3) is 0 Å². The Balaban J connectivity index is 2.22. The van der Waals surface area contributed by atoms with Gasteiger partial charge >= 0.3 is 6.18 Å². The van der Waals surface area contributed by atoms with Gasteiger partial charge in [-0.05, 0) is 18.3 Å². The standard InChI is InChI=1S/C11H15F3N2O/c1-10(2)4-3-8(9(10)17)16-6-7(5-15-16)11(12,13)14/h5-6,8-9,17H,3-4H2,1-2H3. The Bertz CT molecular complexity index is 411. The number of rotatable bonds is 1. The van der Waals surface area contributed by atoms with Crippen LogP contribution in [0, 0.1) is 5.41 Å². The molecule has 1 fully saturated rings. The van der Waals surface area contributed by atoms with E-state index in [9.17, 15) is 18.3 Å². The molecule has 0 spiro atoms. The Morgan fingerprint density at radius 3 is 2.53 bits per heavy atom. The molecule has 0 aromatic carbocycles. The highest BCUT2D eigenvalue weighted by Gasteiger charge is 2.43. The first kappa shape index (κ1) is 12.4. The minimum atomic E-state index is -4.38. The predicted octanol–water partition coefficient (Wildman–Crippen LogP) is 2.62. The number of aromatic nitrogens is 2. The van der Waals surface area contributed by atoms with E-state index in [-0.39, 0.29) is 11.5 Å². The van der Waals surface area contributed by atoms with Crippen molar-refractivity contribution >= 4 is 0 Å². The largest absolute Gasteiger partial charge is 0.419 e. The van der Waals surface area contributed by atoms with Crippen LogP contribution in [0.4, 0.5) is 13.2 Å². The average molecular weight is 248 g/mol. The van der Waals surface area contributed by atoms with Gasteiger partial charge in [-0.1, -0.05) is 13.8 Å². The zero-order chi connectivity index (χ0) is 12.8. The molecule has 1 heterocycles. The number of hydrogen-bond donors (Lipinski definition) is 1. The lowest BCUT2D eigenvalue weighted by atomic mass is 9.89. The highest BCUT2D eigenvalue weighted by Crippen LogP contribution is 2.44. The van der Waals surface area contributed by atoms with Crippen LogP contribution in [0.2, 0.25) is 0 Å². The van der Waals surface area contributed by atoms with Crippen molar-refractivity contribution in [3.05, 3.63) is 18.0 Å². The van der Waals surface area contributed by atoms with Crippen LogP contribution in [0.25, 0.3) is 0 Å². The van der Waals surface area contributed by atoms with E-state index in [0.717, 1.165) is 18.8 Å². The van der Waals surface area contributed by atoms with Crippen molar-refractivity contribution in [2.24, 2.45) is 5.41 Å². The molecule has 1 N–H and O–H groups in total. The van der Waals surface area contributed by atoms with E-state index >= 15 is 0 Å². The van der Waals surface area contributed by atoms with Crippen LogP contribution in [0.3, 0.4) is 0 Å². The van der Waals surface area contributed by atoms with E-state index < -0.39 is 17.8 Å². The molecule has 2 rings (SSSR count).